The molecule has 1 aliphatic rings. The van der Waals surface area contributed by atoms with Crippen LogP contribution in [-0.2, 0) is 14.3 Å². The maximum atomic E-state index is 12.4. The molecule has 142 valence electrons. The van der Waals surface area contributed by atoms with E-state index in [-0.39, 0.29) is 44.0 Å². The summed E-state index contributed by atoms with van der Waals surface area (Å²) in [5.74, 6) is -2.86. The summed E-state index contributed by atoms with van der Waals surface area (Å²) in [6.07, 6.45) is 0.0877. The van der Waals surface area contributed by atoms with Gasteiger partial charge in [0, 0.05) is 38.2 Å². The predicted octanol–water partition coefficient (Wildman–Crippen LogP) is 0.431. The zero-order valence-corrected chi connectivity index (χ0v) is 14.5. The Hall–Kier alpha value is -2.97. The minimum absolute atomic E-state index is 0.0257. The van der Waals surface area contributed by atoms with Gasteiger partial charge in [-0.1, -0.05) is 0 Å². The first-order valence-electron chi connectivity index (χ1n) is 8.31. The summed E-state index contributed by atoms with van der Waals surface area (Å²) in [7, 11) is 0. The van der Waals surface area contributed by atoms with Crippen molar-refractivity contribution in [1.82, 2.24) is 9.80 Å². The van der Waals surface area contributed by atoms with Crippen LogP contribution in [0, 0.1) is 0 Å². The van der Waals surface area contributed by atoms with Gasteiger partial charge in [-0.05, 0) is 19.1 Å². The normalized spacial score (nSPS) is 14.2. The minimum Gasteiger partial charge on any atom is -0.504 e. The van der Waals surface area contributed by atoms with Gasteiger partial charge in [0.15, 0.2) is 17.2 Å². The third kappa shape index (κ3) is 4.56. The summed E-state index contributed by atoms with van der Waals surface area (Å²) >= 11 is 0. The van der Waals surface area contributed by atoms with E-state index in [9.17, 15) is 29.7 Å². The van der Waals surface area contributed by atoms with E-state index in [1.807, 2.05) is 0 Å². The monoisotopic (exact) mass is 366 g/mol. The lowest BCUT2D eigenvalue weighted by Gasteiger charge is -2.35. The Labute approximate surface area is 150 Å². The van der Waals surface area contributed by atoms with Crippen LogP contribution in [0.1, 0.15) is 30.1 Å². The number of hydrogen-bond donors (Lipinski definition) is 3. The molecule has 0 spiro atoms. The molecule has 3 N–H and O–H groups in total. The van der Waals surface area contributed by atoms with Gasteiger partial charge in [-0.2, -0.15) is 0 Å². The molecule has 0 aliphatic carbocycles. The summed E-state index contributed by atoms with van der Waals surface area (Å²) in [6, 6.07) is 2.16. The Morgan fingerprint density at radius 1 is 0.962 bits per heavy atom. The highest BCUT2D eigenvalue weighted by Crippen LogP contribution is 2.35. The van der Waals surface area contributed by atoms with Crippen molar-refractivity contribution in [2.24, 2.45) is 0 Å². The minimum atomic E-state index is -0.682. The molecular weight excluding hydrogens is 344 g/mol. The average Bonchev–Trinajstić information content (AvgIpc) is 2.63. The SMILES string of the molecule is CCOC(=O)CCC(=O)N1CCN(C(=O)c2cc(O)c(O)c(O)c2)CC1. The van der Waals surface area contributed by atoms with Gasteiger partial charge >= 0.3 is 5.97 Å². The number of nitrogens with zero attached hydrogens (tertiary/aromatic N) is 2. The third-order valence-electron chi connectivity index (χ3n) is 4.08. The maximum absolute atomic E-state index is 12.4. The summed E-state index contributed by atoms with van der Waals surface area (Å²) < 4.78 is 4.78. The Balaban J connectivity index is 1.88. The molecule has 0 unspecified atom stereocenters. The van der Waals surface area contributed by atoms with Crippen molar-refractivity contribution in [3.63, 3.8) is 0 Å². The van der Waals surface area contributed by atoms with Crippen molar-refractivity contribution in [2.45, 2.75) is 19.8 Å². The zero-order valence-electron chi connectivity index (χ0n) is 14.5. The number of rotatable bonds is 5. The molecule has 1 fully saturated rings. The molecule has 0 aromatic heterocycles. The molecule has 0 bridgehead atoms. The number of carbonyl (C=O) groups excluding carboxylic acids is 3. The van der Waals surface area contributed by atoms with Crippen molar-refractivity contribution in [2.75, 3.05) is 32.8 Å². The number of esters is 1. The third-order valence-corrected chi connectivity index (χ3v) is 4.08. The van der Waals surface area contributed by atoms with E-state index in [2.05, 4.69) is 0 Å². The van der Waals surface area contributed by atoms with Gasteiger partial charge in [0.25, 0.3) is 5.91 Å². The molecule has 0 radical (unpaired) electrons. The molecule has 9 heteroatoms. The topological polar surface area (TPSA) is 128 Å². The predicted molar refractivity (Wildman–Crippen MR) is 89.8 cm³/mol. The molecule has 0 saturated carbocycles. The van der Waals surface area contributed by atoms with Crippen LogP contribution in [0.3, 0.4) is 0 Å². The van der Waals surface area contributed by atoms with E-state index in [1.165, 1.54) is 4.90 Å². The maximum Gasteiger partial charge on any atom is 0.306 e. The van der Waals surface area contributed by atoms with Gasteiger partial charge in [0.1, 0.15) is 0 Å². The number of ether oxygens (including phenoxy) is 1. The molecule has 2 amide bonds. The molecule has 26 heavy (non-hydrogen) atoms. The van der Waals surface area contributed by atoms with Gasteiger partial charge in [-0.3, -0.25) is 14.4 Å². The number of piperazine rings is 1. The average molecular weight is 366 g/mol. The van der Waals surface area contributed by atoms with Crippen molar-refractivity contribution in [1.29, 1.82) is 0 Å². The highest BCUT2D eigenvalue weighted by Gasteiger charge is 2.26. The van der Waals surface area contributed by atoms with Crippen molar-refractivity contribution >= 4 is 17.8 Å². The van der Waals surface area contributed by atoms with E-state index in [1.54, 1.807) is 11.8 Å². The van der Waals surface area contributed by atoms with E-state index in [0.717, 1.165) is 12.1 Å². The molecule has 9 nitrogen and oxygen atoms in total. The van der Waals surface area contributed by atoms with Crippen LogP contribution in [0.15, 0.2) is 12.1 Å². The molecular formula is C17H22N2O7. The van der Waals surface area contributed by atoms with E-state index in [0.29, 0.717) is 13.1 Å². The van der Waals surface area contributed by atoms with Crippen LogP contribution in [0.2, 0.25) is 0 Å². The Morgan fingerprint density at radius 2 is 1.50 bits per heavy atom. The quantitative estimate of drug-likeness (QED) is 0.509. The van der Waals surface area contributed by atoms with E-state index < -0.39 is 29.1 Å². The van der Waals surface area contributed by atoms with Crippen LogP contribution in [0.4, 0.5) is 0 Å². The van der Waals surface area contributed by atoms with Crippen LogP contribution < -0.4 is 0 Å². The first-order chi connectivity index (χ1) is 12.3. The van der Waals surface area contributed by atoms with Gasteiger partial charge < -0.3 is 29.9 Å². The molecule has 1 heterocycles. The number of phenolic OH excluding ortho intramolecular Hbond substituents is 3. The second-order valence-electron chi connectivity index (χ2n) is 5.84. The summed E-state index contributed by atoms with van der Waals surface area (Å²) in [5.41, 5.74) is 0.0416. The fourth-order valence-corrected chi connectivity index (χ4v) is 2.67. The van der Waals surface area contributed by atoms with Gasteiger partial charge in [-0.25, -0.2) is 0 Å². The van der Waals surface area contributed by atoms with Crippen molar-refractivity contribution < 1.29 is 34.4 Å². The fourth-order valence-electron chi connectivity index (χ4n) is 2.67. The van der Waals surface area contributed by atoms with Crippen molar-refractivity contribution in [3.8, 4) is 17.2 Å². The van der Waals surface area contributed by atoms with Gasteiger partial charge in [0.05, 0.1) is 13.0 Å². The molecule has 1 saturated heterocycles. The molecule has 1 aromatic rings. The highest BCUT2D eigenvalue weighted by atomic mass is 16.5. The van der Waals surface area contributed by atoms with Crippen molar-refractivity contribution in [3.05, 3.63) is 17.7 Å². The van der Waals surface area contributed by atoms with Crippen LogP contribution >= 0.6 is 0 Å². The molecule has 0 atom stereocenters. The number of amides is 2. The Morgan fingerprint density at radius 3 is 2.04 bits per heavy atom. The highest BCUT2D eigenvalue weighted by molar-refractivity contribution is 5.95. The van der Waals surface area contributed by atoms with Gasteiger partial charge in [0.2, 0.25) is 5.91 Å². The van der Waals surface area contributed by atoms with Crippen LogP contribution in [0.5, 0.6) is 17.2 Å². The number of aromatic hydroxyl groups is 3. The first-order valence-corrected chi connectivity index (χ1v) is 8.31. The second kappa shape index (κ2) is 8.41. The molecule has 1 aliphatic heterocycles. The number of phenols is 3. The van der Waals surface area contributed by atoms with Crippen LogP contribution in [0.25, 0.3) is 0 Å². The largest absolute Gasteiger partial charge is 0.504 e. The summed E-state index contributed by atoms with van der Waals surface area (Å²) in [6.45, 7) is 3.19. The molecule has 1 aromatic carbocycles. The molecule has 2 rings (SSSR count). The fraction of sp³-hybridized carbons (Fsp3) is 0.471. The number of benzene rings is 1. The lowest BCUT2D eigenvalue weighted by molar-refractivity contribution is -0.146. The first kappa shape index (κ1) is 19.4. The zero-order chi connectivity index (χ0) is 19.3. The summed E-state index contributed by atoms with van der Waals surface area (Å²) in [5, 5.41) is 28.4. The van der Waals surface area contributed by atoms with E-state index >= 15 is 0 Å². The smallest absolute Gasteiger partial charge is 0.306 e. The Bertz CT molecular complexity index is 673. The standard InChI is InChI=1S/C17H22N2O7/c1-2-26-15(23)4-3-14(22)18-5-7-19(8-6-18)17(25)11-9-12(20)16(24)13(21)10-11/h9-10,20-21,24H,2-8H2,1H3. The lowest BCUT2D eigenvalue weighted by Crippen LogP contribution is -2.50. The second-order valence-corrected chi connectivity index (χ2v) is 5.84. The van der Waals surface area contributed by atoms with Crippen LogP contribution in [-0.4, -0.2) is 75.7 Å². The number of hydrogen-bond acceptors (Lipinski definition) is 7. The Kier molecular flexibility index (Phi) is 6.26. The van der Waals surface area contributed by atoms with Gasteiger partial charge in [-0.15, -0.1) is 0 Å². The summed E-state index contributed by atoms with van der Waals surface area (Å²) in [4.78, 5) is 38.9. The lowest BCUT2D eigenvalue weighted by atomic mass is 10.1. The van der Waals surface area contributed by atoms with E-state index in [4.69, 9.17) is 4.74 Å². The number of carbonyl (C=O) groups is 3.